The summed E-state index contributed by atoms with van der Waals surface area (Å²) in [5, 5.41) is 0. The molecule has 1 unspecified atom stereocenters. The summed E-state index contributed by atoms with van der Waals surface area (Å²) in [5.41, 5.74) is 1.49. The van der Waals surface area contributed by atoms with Gasteiger partial charge in [0.1, 0.15) is 12.0 Å². The number of imidazole rings is 1. The molecule has 1 atom stereocenters. The van der Waals surface area contributed by atoms with Crippen LogP contribution in [-0.4, -0.2) is 21.9 Å². The van der Waals surface area contributed by atoms with Gasteiger partial charge in [0.2, 0.25) is 0 Å². The number of ether oxygens (including phenoxy) is 1. The highest BCUT2D eigenvalue weighted by Crippen LogP contribution is 2.28. The number of aromatic nitrogens is 2. The number of ketones is 1. The van der Waals surface area contributed by atoms with E-state index in [1.54, 1.807) is 6.33 Å². The first-order valence-corrected chi connectivity index (χ1v) is 6.45. The fraction of sp³-hybridized carbons (Fsp3) is 0.429. The second kappa shape index (κ2) is 4.74. The molecule has 1 aliphatic rings. The number of benzene rings is 1. The van der Waals surface area contributed by atoms with Crippen molar-refractivity contribution in [1.82, 2.24) is 9.55 Å². The predicted molar refractivity (Wildman–Crippen MR) is 68.5 cm³/mol. The molecule has 0 amide bonds. The van der Waals surface area contributed by atoms with E-state index in [2.05, 4.69) is 4.98 Å². The molecule has 0 radical (unpaired) electrons. The molecule has 3 rings (SSSR count). The van der Waals surface area contributed by atoms with Crippen molar-refractivity contribution in [3.63, 3.8) is 0 Å². The van der Waals surface area contributed by atoms with Gasteiger partial charge in [-0.15, -0.1) is 0 Å². The van der Waals surface area contributed by atoms with Crippen molar-refractivity contribution in [3.05, 3.63) is 29.8 Å². The fourth-order valence-corrected chi connectivity index (χ4v) is 2.54. The lowest BCUT2D eigenvalue weighted by Gasteiger charge is -2.24. The highest BCUT2D eigenvalue weighted by atomic mass is 19.1. The number of halogens is 1. The average Bonchev–Trinajstić information content (AvgIpc) is 2.82. The third kappa shape index (κ3) is 2.14. The van der Waals surface area contributed by atoms with E-state index < -0.39 is 5.82 Å². The average molecular weight is 262 g/mol. The second-order valence-corrected chi connectivity index (χ2v) is 4.85. The van der Waals surface area contributed by atoms with Crippen LogP contribution < -0.4 is 0 Å². The Hall–Kier alpha value is -1.75. The number of hydrogen-bond donors (Lipinski definition) is 0. The van der Waals surface area contributed by atoms with Crippen LogP contribution in [0, 0.1) is 5.82 Å². The van der Waals surface area contributed by atoms with Crippen molar-refractivity contribution in [2.45, 2.75) is 32.4 Å². The third-order valence-corrected chi connectivity index (χ3v) is 3.49. The fourth-order valence-electron chi connectivity index (χ4n) is 2.54. The highest BCUT2D eigenvalue weighted by molar-refractivity contribution is 6.04. The van der Waals surface area contributed by atoms with E-state index in [0.717, 1.165) is 19.3 Å². The van der Waals surface area contributed by atoms with Crippen molar-refractivity contribution in [2.24, 2.45) is 0 Å². The van der Waals surface area contributed by atoms with E-state index in [0.29, 0.717) is 23.2 Å². The first-order valence-electron chi connectivity index (χ1n) is 6.45. The smallest absolute Gasteiger partial charge is 0.162 e. The van der Waals surface area contributed by atoms with E-state index in [4.69, 9.17) is 4.74 Å². The normalized spacial score (nSPS) is 19.8. The largest absolute Gasteiger partial charge is 0.358 e. The van der Waals surface area contributed by atoms with Crippen LogP contribution in [0.3, 0.4) is 0 Å². The minimum atomic E-state index is -0.421. The quantitative estimate of drug-likeness (QED) is 0.781. The molecule has 0 aliphatic carbocycles. The summed E-state index contributed by atoms with van der Waals surface area (Å²) in [6.07, 6.45) is 4.54. The molecule has 1 saturated heterocycles. The Labute approximate surface area is 110 Å². The first kappa shape index (κ1) is 12.3. The van der Waals surface area contributed by atoms with Crippen LogP contribution in [0.2, 0.25) is 0 Å². The Morgan fingerprint density at radius 3 is 3.00 bits per heavy atom. The Morgan fingerprint density at radius 1 is 1.47 bits per heavy atom. The van der Waals surface area contributed by atoms with Gasteiger partial charge in [0, 0.05) is 12.2 Å². The summed E-state index contributed by atoms with van der Waals surface area (Å²) in [6.45, 7) is 2.13. The summed E-state index contributed by atoms with van der Waals surface area (Å²) < 4.78 is 21.2. The maximum atomic E-state index is 13.6. The SMILES string of the molecule is CC(=O)c1cc(F)cc2c1ncn2C1CCCCO1. The van der Waals surface area contributed by atoms with Crippen LogP contribution in [-0.2, 0) is 4.74 Å². The van der Waals surface area contributed by atoms with Gasteiger partial charge >= 0.3 is 0 Å². The lowest BCUT2D eigenvalue weighted by Crippen LogP contribution is -2.17. The van der Waals surface area contributed by atoms with E-state index in [9.17, 15) is 9.18 Å². The van der Waals surface area contributed by atoms with E-state index in [-0.39, 0.29) is 12.0 Å². The lowest BCUT2D eigenvalue weighted by atomic mass is 10.1. The van der Waals surface area contributed by atoms with Gasteiger partial charge < -0.3 is 9.30 Å². The van der Waals surface area contributed by atoms with Crippen LogP contribution in [0.1, 0.15) is 42.8 Å². The van der Waals surface area contributed by atoms with E-state index in [1.165, 1.54) is 19.1 Å². The van der Waals surface area contributed by atoms with Gasteiger partial charge in [-0.25, -0.2) is 9.37 Å². The molecule has 0 saturated carbocycles. The molecule has 0 bridgehead atoms. The molecule has 4 nitrogen and oxygen atoms in total. The van der Waals surface area contributed by atoms with Gasteiger partial charge in [-0.2, -0.15) is 0 Å². The van der Waals surface area contributed by atoms with Gasteiger partial charge in [0.25, 0.3) is 0 Å². The molecular weight excluding hydrogens is 247 g/mol. The molecule has 5 heteroatoms. The number of fused-ring (bicyclic) bond motifs is 1. The number of carbonyl (C=O) groups is 1. The predicted octanol–water partition coefficient (Wildman–Crippen LogP) is 3.08. The molecule has 2 aromatic rings. The van der Waals surface area contributed by atoms with Gasteiger partial charge in [-0.1, -0.05) is 0 Å². The molecule has 1 aromatic carbocycles. The second-order valence-electron chi connectivity index (χ2n) is 4.85. The maximum absolute atomic E-state index is 13.6. The molecule has 0 spiro atoms. The van der Waals surface area contributed by atoms with Gasteiger partial charge in [0.05, 0.1) is 17.4 Å². The van der Waals surface area contributed by atoms with Crippen LogP contribution in [0.4, 0.5) is 4.39 Å². The molecular formula is C14H15FN2O2. The summed E-state index contributed by atoms with van der Waals surface area (Å²) in [6, 6.07) is 2.65. The van der Waals surface area contributed by atoms with Crippen LogP contribution in [0.15, 0.2) is 18.5 Å². The molecule has 1 aliphatic heterocycles. The molecule has 1 fully saturated rings. The lowest BCUT2D eigenvalue weighted by molar-refractivity contribution is -0.0295. The molecule has 0 N–H and O–H groups in total. The number of Topliss-reactive ketones (excluding diaryl/α,β-unsaturated/α-hetero) is 1. The zero-order chi connectivity index (χ0) is 13.4. The molecule has 100 valence electrons. The first-order chi connectivity index (χ1) is 9.16. The monoisotopic (exact) mass is 262 g/mol. The van der Waals surface area contributed by atoms with Crippen molar-refractivity contribution >= 4 is 16.8 Å². The van der Waals surface area contributed by atoms with Gasteiger partial charge in [-0.05, 0) is 38.3 Å². The van der Waals surface area contributed by atoms with Crippen molar-refractivity contribution < 1.29 is 13.9 Å². The van der Waals surface area contributed by atoms with Crippen LogP contribution >= 0.6 is 0 Å². The number of carbonyl (C=O) groups excluding carboxylic acids is 1. The Bertz CT molecular complexity index is 630. The summed E-state index contributed by atoms with van der Waals surface area (Å²) >= 11 is 0. The van der Waals surface area contributed by atoms with Crippen molar-refractivity contribution in [3.8, 4) is 0 Å². The number of nitrogens with zero attached hydrogens (tertiary/aromatic N) is 2. The minimum Gasteiger partial charge on any atom is -0.358 e. The van der Waals surface area contributed by atoms with Gasteiger partial charge in [-0.3, -0.25) is 4.79 Å². The topological polar surface area (TPSA) is 44.1 Å². The summed E-state index contributed by atoms with van der Waals surface area (Å²) in [7, 11) is 0. The van der Waals surface area contributed by atoms with Gasteiger partial charge in [0.15, 0.2) is 5.78 Å². The molecule has 19 heavy (non-hydrogen) atoms. The number of rotatable bonds is 2. The summed E-state index contributed by atoms with van der Waals surface area (Å²) in [5.74, 6) is -0.602. The zero-order valence-corrected chi connectivity index (χ0v) is 10.7. The van der Waals surface area contributed by atoms with Crippen LogP contribution in [0.25, 0.3) is 11.0 Å². The van der Waals surface area contributed by atoms with Crippen molar-refractivity contribution in [2.75, 3.05) is 6.61 Å². The van der Waals surface area contributed by atoms with E-state index >= 15 is 0 Å². The maximum Gasteiger partial charge on any atom is 0.162 e. The highest BCUT2D eigenvalue weighted by Gasteiger charge is 2.20. The minimum absolute atomic E-state index is 0.111. The standard InChI is InChI=1S/C14H15FN2O2/c1-9(18)11-6-10(15)7-12-14(11)16-8-17(12)13-4-2-3-5-19-13/h6-8,13H,2-5H2,1H3. The Kier molecular flexibility index (Phi) is 3.06. The number of hydrogen-bond acceptors (Lipinski definition) is 3. The summed E-state index contributed by atoms with van der Waals surface area (Å²) in [4.78, 5) is 15.8. The van der Waals surface area contributed by atoms with Crippen LogP contribution in [0.5, 0.6) is 0 Å². The van der Waals surface area contributed by atoms with Crippen molar-refractivity contribution in [1.29, 1.82) is 0 Å². The Morgan fingerprint density at radius 2 is 2.32 bits per heavy atom. The third-order valence-electron chi connectivity index (χ3n) is 3.49. The molecule has 2 heterocycles. The zero-order valence-electron chi connectivity index (χ0n) is 10.7. The molecule has 1 aromatic heterocycles. The van der Waals surface area contributed by atoms with E-state index in [1.807, 2.05) is 4.57 Å². The Balaban J connectivity index is 2.14.